The zero-order valence-corrected chi connectivity index (χ0v) is 10.9. The second kappa shape index (κ2) is 4.82. The maximum atomic E-state index is 14.0. The van der Waals surface area contributed by atoms with Gasteiger partial charge in [-0.1, -0.05) is 0 Å². The molecule has 1 aliphatic rings. The van der Waals surface area contributed by atoms with Crippen molar-refractivity contribution >= 4 is 10.8 Å². The fourth-order valence-electron chi connectivity index (χ4n) is 2.58. The molecule has 1 saturated heterocycles. The highest BCUT2D eigenvalue weighted by atomic mass is 19.1. The van der Waals surface area contributed by atoms with Gasteiger partial charge in [-0.15, -0.1) is 0 Å². The van der Waals surface area contributed by atoms with Gasteiger partial charge < -0.3 is 9.72 Å². The molecule has 3 rings (SSSR count). The van der Waals surface area contributed by atoms with Gasteiger partial charge in [0.1, 0.15) is 6.17 Å². The van der Waals surface area contributed by atoms with Gasteiger partial charge in [-0.2, -0.15) is 5.10 Å². The second-order valence-corrected chi connectivity index (χ2v) is 4.92. The van der Waals surface area contributed by atoms with Crippen LogP contribution in [0.4, 0.5) is 4.39 Å². The zero-order chi connectivity index (χ0) is 14.3. The molecular formula is C13H14FN3O3. The lowest BCUT2D eigenvalue weighted by atomic mass is 9.92. The summed E-state index contributed by atoms with van der Waals surface area (Å²) in [6.45, 7) is 0.487. The van der Waals surface area contributed by atoms with Crippen LogP contribution in [0.1, 0.15) is 18.0 Å². The summed E-state index contributed by atoms with van der Waals surface area (Å²) >= 11 is 0. The van der Waals surface area contributed by atoms with Gasteiger partial charge in [0, 0.05) is 37.2 Å². The molecule has 2 aromatic rings. The van der Waals surface area contributed by atoms with Gasteiger partial charge in [0.2, 0.25) is 5.56 Å². The zero-order valence-electron chi connectivity index (χ0n) is 10.9. The van der Waals surface area contributed by atoms with Gasteiger partial charge >= 0.3 is 0 Å². The van der Waals surface area contributed by atoms with Crippen LogP contribution in [0.3, 0.4) is 0 Å². The van der Waals surface area contributed by atoms with E-state index in [-0.39, 0.29) is 23.1 Å². The summed E-state index contributed by atoms with van der Waals surface area (Å²) in [5.74, 6) is -0.427. The minimum Gasteiger partial charge on any atom is -0.378 e. The third-order valence-corrected chi connectivity index (χ3v) is 3.62. The number of aromatic amines is 1. The first-order chi connectivity index (χ1) is 9.58. The molecule has 0 saturated carbocycles. The number of hydrogen-bond donors (Lipinski definition) is 1. The molecule has 1 fully saturated rings. The SMILES string of the molecule is Cn1nc([C@@H]2CCOC[C@@H]2F)c2c[nH]c(=O)cc2c1=O. The molecule has 1 aliphatic heterocycles. The number of pyridine rings is 1. The molecule has 0 bridgehead atoms. The average molecular weight is 279 g/mol. The van der Waals surface area contributed by atoms with Crippen LogP contribution < -0.4 is 11.1 Å². The molecule has 3 heterocycles. The van der Waals surface area contributed by atoms with Gasteiger partial charge in [0.25, 0.3) is 5.56 Å². The second-order valence-electron chi connectivity index (χ2n) is 4.92. The van der Waals surface area contributed by atoms with Crippen molar-refractivity contribution in [3.05, 3.63) is 38.7 Å². The van der Waals surface area contributed by atoms with Crippen LogP contribution in [-0.2, 0) is 11.8 Å². The topological polar surface area (TPSA) is 77.0 Å². The molecule has 2 aromatic heterocycles. The molecule has 7 heteroatoms. The van der Waals surface area contributed by atoms with Crippen molar-refractivity contribution in [2.45, 2.75) is 18.5 Å². The first-order valence-corrected chi connectivity index (χ1v) is 6.39. The minimum atomic E-state index is -1.16. The lowest BCUT2D eigenvalue weighted by Gasteiger charge is -2.26. The van der Waals surface area contributed by atoms with Crippen molar-refractivity contribution in [2.24, 2.45) is 7.05 Å². The Morgan fingerprint density at radius 3 is 3.00 bits per heavy atom. The number of nitrogens with zero attached hydrogens (tertiary/aromatic N) is 2. The number of hydrogen-bond acceptors (Lipinski definition) is 4. The van der Waals surface area contributed by atoms with Gasteiger partial charge in [-0.05, 0) is 6.42 Å². The Hall–Kier alpha value is -2.02. The largest absolute Gasteiger partial charge is 0.378 e. The maximum Gasteiger partial charge on any atom is 0.274 e. The van der Waals surface area contributed by atoms with Crippen molar-refractivity contribution < 1.29 is 9.13 Å². The molecule has 0 unspecified atom stereocenters. The van der Waals surface area contributed by atoms with Crippen LogP contribution in [-0.4, -0.2) is 34.1 Å². The molecule has 106 valence electrons. The third kappa shape index (κ3) is 2.03. The molecular weight excluding hydrogens is 265 g/mol. The van der Waals surface area contributed by atoms with Crippen LogP contribution in [0.25, 0.3) is 10.8 Å². The van der Waals surface area contributed by atoms with Crippen molar-refractivity contribution in [2.75, 3.05) is 13.2 Å². The van der Waals surface area contributed by atoms with E-state index >= 15 is 0 Å². The summed E-state index contributed by atoms with van der Waals surface area (Å²) in [6, 6.07) is 1.23. The molecule has 0 aromatic carbocycles. The Labute approximate surface area is 113 Å². The Balaban J connectivity index is 2.27. The van der Waals surface area contributed by atoms with Gasteiger partial charge in [0.15, 0.2) is 0 Å². The van der Waals surface area contributed by atoms with Gasteiger partial charge in [-0.3, -0.25) is 9.59 Å². The smallest absolute Gasteiger partial charge is 0.274 e. The Bertz CT molecular complexity index is 768. The lowest BCUT2D eigenvalue weighted by Crippen LogP contribution is -2.31. The van der Waals surface area contributed by atoms with Crippen LogP contribution in [0.2, 0.25) is 0 Å². The molecule has 0 radical (unpaired) electrons. The summed E-state index contributed by atoms with van der Waals surface area (Å²) < 4.78 is 20.3. The Kier molecular flexibility index (Phi) is 3.13. The molecule has 1 N–H and O–H groups in total. The monoisotopic (exact) mass is 279 g/mol. The van der Waals surface area contributed by atoms with Crippen LogP contribution >= 0.6 is 0 Å². The van der Waals surface area contributed by atoms with E-state index in [2.05, 4.69) is 10.1 Å². The summed E-state index contributed by atoms with van der Waals surface area (Å²) in [4.78, 5) is 25.9. The van der Waals surface area contributed by atoms with Gasteiger partial charge in [0.05, 0.1) is 17.7 Å². The highest BCUT2D eigenvalue weighted by molar-refractivity contribution is 5.83. The van der Waals surface area contributed by atoms with E-state index < -0.39 is 12.1 Å². The van der Waals surface area contributed by atoms with E-state index in [1.807, 2.05) is 0 Å². The maximum absolute atomic E-state index is 14.0. The first kappa shape index (κ1) is 13.0. The summed E-state index contributed by atoms with van der Waals surface area (Å²) in [6.07, 6.45) is 0.772. The number of aryl methyl sites for hydroxylation is 1. The van der Waals surface area contributed by atoms with Crippen LogP contribution in [0, 0.1) is 0 Å². The van der Waals surface area contributed by atoms with Crippen LogP contribution in [0.5, 0.6) is 0 Å². The molecule has 0 amide bonds. The molecule has 2 atom stereocenters. The summed E-state index contributed by atoms with van der Waals surface area (Å²) in [5.41, 5.74) is -0.234. The van der Waals surface area contributed by atoms with E-state index in [9.17, 15) is 14.0 Å². The van der Waals surface area contributed by atoms with Crippen LogP contribution in [0.15, 0.2) is 21.9 Å². The van der Waals surface area contributed by atoms with Crippen molar-refractivity contribution in [1.29, 1.82) is 0 Å². The molecule has 0 aliphatic carbocycles. The highest BCUT2D eigenvalue weighted by Crippen LogP contribution is 2.31. The standard InChI is InChI=1S/C13H14FN3O3/c1-17-13(19)8-4-11(18)15-5-9(8)12(16-17)7-2-3-20-6-10(7)14/h4-5,7,10H,2-3,6H2,1H3,(H,15,18)/t7-,10+/m1/s1. The number of ether oxygens (including phenoxy) is 1. The van der Waals surface area contributed by atoms with Crippen molar-refractivity contribution in [1.82, 2.24) is 14.8 Å². The molecule has 0 spiro atoms. The van der Waals surface area contributed by atoms with Crippen molar-refractivity contribution in [3.63, 3.8) is 0 Å². The van der Waals surface area contributed by atoms with E-state index in [1.54, 1.807) is 0 Å². The quantitative estimate of drug-likeness (QED) is 0.823. The summed E-state index contributed by atoms with van der Waals surface area (Å²) in [7, 11) is 1.50. The number of nitrogens with one attached hydrogen (secondary N) is 1. The fourth-order valence-corrected chi connectivity index (χ4v) is 2.58. The highest BCUT2D eigenvalue weighted by Gasteiger charge is 2.30. The average Bonchev–Trinajstić information content (AvgIpc) is 2.44. The van der Waals surface area contributed by atoms with E-state index in [0.717, 1.165) is 4.68 Å². The number of H-pyrrole nitrogens is 1. The van der Waals surface area contributed by atoms with E-state index in [4.69, 9.17) is 4.74 Å². The molecule has 6 nitrogen and oxygen atoms in total. The normalized spacial score (nSPS) is 23.1. The number of alkyl halides is 1. The number of rotatable bonds is 1. The predicted molar refractivity (Wildman–Crippen MR) is 70.7 cm³/mol. The number of aromatic nitrogens is 3. The third-order valence-electron chi connectivity index (χ3n) is 3.62. The Morgan fingerprint density at radius 1 is 1.45 bits per heavy atom. The van der Waals surface area contributed by atoms with E-state index in [0.29, 0.717) is 24.1 Å². The number of halogens is 1. The van der Waals surface area contributed by atoms with Crippen molar-refractivity contribution in [3.8, 4) is 0 Å². The van der Waals surface area contributed by atoms with Gasteiger partial charge in [-0.25, -0.2) is 9.07 Å². The lowest BCUT2D eigenvalue weighted by molar-refractivity contribution is 0.0209. The minimum absolute atomic E-state index is 0.0278. The fraction of sp³-hybridized carbons (Fsp3) is 0.462. The summed E-state index contributed by atoms with van der Waals surface area (Å²) in [5, 5.41) is 4.96. The predicted octanol–water partition coefficient (Wildman–Crippen LogP) is 0.464. The first-order valence-electron chi connectivity index (χ1n) is 6.39. The number of fused-ring (bicyclic) bond motifs is 1. The Morgan fingerprint density at radius 2 is 2.25 bits per heavy atom. The van der Waals surface area contributed by atoms with E-state index in [1.165, 1.54) is 19.3 Å². The molecule has 20 heavy (non-hydrogen) atoms.